The van der Waals surface area contributed by atoms with E-state index in [-0.39, 0.29) is 0 Å². The predicted molar refractivity (Wildman–Crippen MR) is 88.2 cm³/mol. The summed E-state index contributed by atoms with van der Waals surface area (Å²) in [6, 6.07) is 13.3. The van der Waals surface area contributed by atoms with Gasteiger partial charge in [0.15, 0.2) is 11.5 Å². The number of hydrogen-bond acceptors (Lipinski definition) is 4. The Kier molecular flexibility index (Phi) is 5.86. The lowest BCUT2D eigenvalue weighted by atomic mass is 10.0. The lowest BCUT2D eigenvalue weighted by molar-refractivity contribution is 0.211. The summed E-state index contributed by atoms with van der Waals surface area (Å²) in [5.74, 6) is 1.94. The van der Waals surface area contributed by atoms with Crippen LogP contribution in [-0.2, 0) is 12.8 Å². The van der Waals surface area contributed by atoms with E-state index in [0.29, 0.717) is 5.75 Å². The van der Waals surface area contributed by atoms with E-state index in [9.17, 15) is 4.79 Å². The van der Waals surface area contributed by atoms with Crippen LogP contribution < -0.4 is 19.9 Å². The third kappa shape index (κ3) is 4.92. The van der Waals surface area contributed by atoms with Crippen LogP contribution in [0.1, 0.15) is 17.5 Å². The Labute approximate surface area is 136 Å². The molecule has 1 amide bonds. The van der Waals surface area contributed by atoms with E-state index in [1.165, 1.54) is 11.1 Å². The first-order valence-corrected chi connectivity index (χ1v) is 7.39. The number of ether oxygens (including phenoxy) is 3. The van der Waals surface area contributed by atoms with E-state index in [4.69, 9.17) is 19.9 Å². The Balaban J connectivity index is 1.88. The summed E-state index contributed by atoms with van der Waals surface area (Å²) in [5, 5.41) is 0. The van der Waals surface area contributed by atoms with Crippen LogP contribution in [-0.4, -0.2) is 20.3 Å². The number of nitrogens with two attached hydrogens (primary N) is 1. The minimum Gasteiger partial charge on any atom is -0.493 e. The quantitative estimate of drug-likeness (QED) is 0.850. The minimum absolute atomic E-state index is 0.459. The minimum atomic E-state index is -0.800. The van der Waals surface area contributed by atoms with Gasteiger partial charge in [-0.3, -0.25) is 0 Å². The van der Waals surface area contributed by atoms with E-state index in [2.05, 4.69) is 0 Å². The fourth-order valence-corrected chi connectivity index (χ4v) is 2.37. The van der Waals surface area contributed by atoms with Crippen molar-refractivity contribution in [2.24, 2.45) is 5.73 Å². The zero-order chi connectivity index (χ0) is 16.7. The summed E-state index contributed by atoms with van der Waals surface area (Å²) in [6.45, 7) is 0. The summed E-state index contributed by atoms with van der Waals surface area (Å²) in [6.07, 6.45) is 2.09. The highest BCUT2D eigenvalue weighted by Crippen LogP contribution is 2.28. The molecule has 0 spiro atoms. The molecule has 122 valence electrons. The van der Waals surface area contributed by atoms with Crippen molar-refractivity contribution in [3.63, 3.8) is 0 Å². The first kappa shape index (κ1) is 16.7. The first-order chi connectivity index (χ1) is 11.1. The maximum absolute atomic E-state index is 10.7. The highest BCUT2D eigenvalue weighted by molar-refractivity contribution is 5.68. The van der Waals surface area contributed by atoms with Gasteiger partial charge < -0.3 is 19.9 Å². The van der Waals surface area contributed by atoms with Crippen molar-refractivity contribution in [2.45, 2.75) is 19.3 Å². The smallest absolute Gasteiger partial charge is 0.409 e. The number of carbonyl (C=O) groups excluding carboxylic acids is 1. The SMILES string of the molecule is COc1ccc(CCCc2ccc(OC(N)=O)cc2)cc1OC. The Bertz CT molecular complexity index is 653. The summed E-state index contributed by atoms with van der Waals surface area (Å²) >= 11 is 0. The van der Waals surface area contributed by atoms with Crippen LogP contribution in [0.4, 0.5) is 4.79 Å². The van der Waals surface area contributed by atoms with Crippen molar-refractivity contribution in [1.29, 1.82) is 0 Å². The zero-order valence-electron chi connectivity index (χ0n) is 13.4. The summed E-state index contributed by atoms with van der Waals surface area (Å²) in [5.41, 5.74) is 7.36. The lowest BCUT2D eigenvalue weighted by Gasteiger charge is -2.09. The van der Waals surface area contributed by atoms with E-state index >= 15 is 0 Å². The van der Waals surface area contributed by atoms with E-state index in [1.807, 2.05) is 30.3 Å². The topological polar surface area (TPSA) is 70.8 Å². The first-order valence-electron chi connectivity index (χ1n) is 7.39. The van der Waals surface area contributed by atoms with Gasteiger partial charge in [-0.15, -0.1) is 0 Å². The molecule has 5 nitrogen and oxygen atoms in total. The fourth-order valence-electron chi connectivity index (χ4n) is 2.37. The Morgan fingerprint density at radius 2 is 1.52 bits per heavy atom. The maximum Gasteiger partial charge on any atom is 0.409 e. The largest absolute Gasteiger partial charge is 0.493 e. The Morgan fingerprint density at radius 3 is 2.13 bits per heavy atom. The second-order valence-corrected chi connectivity index (χ2v) is 5.11. The van der Waals surface area contributed by atoms with E-state index < -0.39 is 6.09 Å². The van der Waals surface area contributed by atoms with E-state index in [1.54, 1.807) is 26.4 Å². The average Bonchev–Trinajstić information content (AvgIpc) is 2.55. The van der Waals surface area contributed by atoms with Crippen molar-refractivity contribution >= 4 is 6.09 Å². The predicted octanol–water partition coefficient (Wildman–Crippen LogP) is 3.34. The molecule has 23 heavy (non-hydrogen) atoms. The molecule has 0 unspecified atom stereocenters. The highest BCUT2D eigenvalue weighted by atomic mass is 16.5. The third-order valence-electron chi connectivity index (χ3n) is 3.52. The Morgan fingerprint density at radius 1 is 0.913 bits per heavy atom. The molecular weight excluding hydrogens is 294 g/mol. The average molecular weight is 315 g/mol. The van der Waals surface area contributed by atoms with Gasteiger partial charge in [0.25, 0.3) is 0 Å². The van der Waals surface area contributed by atoms with Crippen LogP contribution in [0.15, 0.2) is 42.5 Å². The number of aryl methyl sites for hydroxylation is 2. The second-order valence-electron chi connectivity index (χ2n) is 5.11. The standard InChI is InChI=1S/C18H21NO4/c1-21-16-11-8-14(12-17(16)22-2)5-3-4-13-6-9-15(10-7-13)23-18(19)20/h6-12H,3-5H2,1-2H3,(H2,19,20). The number of benzene rings is 2. The number of amides is 1. The van der Waals surface area contributed by atoms with Gasteiger partial charge in [0.1, 0.15) is 5.75 Å². The molecule has 0 bridgehead atoms. The van der Waals surface area contributed by atoms with Gasteiger partial charge in [-0.2, -0.15) is 0 Å². The third-order valence-corrected chi connectivity index (χ3v) is 3.52. The molecule has 5 heteroatoms. The molecule has 0 fully saturated rings. The molecule has 2 aromatic carbocycles. The van der Waals surface area contributed by atoms with Crippen LogP contribution in [0, 0.1) is 0 Å². The maximum atomic E-state index is 10.7. The van der Waals surface area contributed by atoms with Crippen molar-refractivity contribution < 1.29 is 19.0 Å². The lowest BCUT2D eigenvalue weighted by Crippen LogP contribution is -2.16. The van der Waals surface area contributed by atoms with Crippen LogP contribution >= 0.6 is 0 Å². The highest BCUT2D eigenvalue weighted by Gasteiger charge is 2.05. The van der Waals surface area contributed by atoms with Crippen LogP contribution in [0.5, 0.6) is 17.2 Å². The molecule has 2 N–H and O–H groups in total. The number of rotatable bonds is 7. The summed E-state index contributed by atoms with van der Waals surface area (Å²) in [4.78, 5) is 10.7. The molecule has 2 aromatic rings. The normalized spacial score (nSPS) is 10.2. The van der Waals surface area contributed by atoms with Gasteiger partial charge in [0.2, 0.25) is 0 Å². The van der Waals surface area contributed by atoms with Crippen molar-refractivity contribution in [3.05, 3.63) is 53.6 Å². The summed E-state index contributed by atoms with van der Waals surface area (Å²) in [7, 11) is 3.26. The summed E-state index contributed by atoms with van der Waals surface area (Å²) < 4.78 is 15.3. The molecule has 0 atom stereocenters. The van der Waals surface area contributed by atoms with Crippen LogP contribution in [0.2, 0.25) is 0 Å². The molecule has 0 aliphatic rings. The molecule has 0 heterocycles. The molecule has 0 radical (unpaired) electrons. The second kappa shape index (κ2) is 8.08. The van der Waals surface area contributed by atoms with Gasteiger partial charge >= 0.3 is 6.09 Å². The van der Waals surface area contributed by atoms with E-state index in [0.717, 1.165) is 30.8 Å². The van der Waals surface area contributed by atoms with Gasteiger partial charge in [0.05, 0.1) is 14.2 Å². The number of hydrogen-bond donors (Lipinski definition) is 1. The molecular formula is C18H21NO4. The number of methoxy groups -OCH3 is 2. The fraction of sp³-hybridized carbons (Fsp3) is 0.278. The molecule has 2 rings (SSSR count). The van der Waals surface area contributed by atoms with Gasteiger partial charge in [-0.25, -0.2) is 4.79 Å². The molecule has 0 saturated carbocycles. The number of carbonyl (C=O) groups is 1. The van der Waals surface area contributed by atoms with Gasteiger partial charge in [-0.1, -0.05) is 18.2 Å². The van der Waals surface area contributed by atoms with Crippen LogP contribution in [0.3, 0.4) is 0 Å². The van der Waals surface area contributed by atoms with Crippen LogP contribution in [0.25, 0.3) is 0 Å². The van der Waals surface area contributed by atoms with Gasteiger partial charge in [-0.05, 0) is 54.7 Å². The zero-order valence-corrected chi connectivity index (χ0v) is 13.4. The molecule has 0 saturated heterocycles. The molecule has 0 aliphatic carbocycles. The Hall–Kier alpha value is -2.69. The monoisotopic (exact) mass is 315 g/mol. The number of primary amides is 1. The van der Waals surface area contributed by atoms with Crippen molar-refractivity contribution in [2.75, 3.05) is 14.2 Å². The van der Waals surface area contributed by atoms with Crippen molar-refractivity contribution in [1.82, 2.24) is 0 Å². The van der Waals surface area contributed by atoms with Crippen molar-refractivity contribution in [3.8, 4) is 17.2 Å². The molecule has 0 aromatic heterocycles. The van der Waals surface area contributed by atoms with Gasteiger partial charge in [0, 0.05) is 0 Å². The molecule has 0 aliphatic heterocycles.